The van der Waals surface area contributed by atoms with Crippen LogP contribution in [0.1, 0.15) is 37.2 Å². The Balaban J connectivity index is 1.47. The Kier molecular flexibility index (Phi) is 4.03. The van der Waals surface area contributed by atoms with Crippen molar-refractivity contribution >= 4 is 34.0 Å². The second-order valence-electron chi connectivity index (χ2n) is 8.19. The SMILES string of the molecule is Clc1c(-c2c[nH]c3cc(C4CC4)ccc23)nc(N[C@H]2CCCNC2)c2nccn12. The number of H-pyrrole nitrogens is 1. The molecule has 2 fully saturated rings. The van der Waals surface area contributed by atoms with Crippen LogP contribution in [0.2, 0.25) is 5.15 Å². The summed E-state index contributed by atoms with van der Waals surface area (Å²) in [7, 11) is 0. The van der Waals surface area contributed by atoms with Gasteiger partial charge in [-0.05, 0) is 49.8 Å². The first-order chi connectivity index (χ1) is 14.3. The normalized spacial score (nSPS) is 19.8. The van der Waals surface area contributed by atoms with E-state index in [1.54, 1.807) is 6.20 Å². The summed E-state index contributed by atoms with van der Waals surface area (Å²) in [5.74, 6) is 1.52. The average molecular weight is 407 g/mol. The number of anilines is 1. The van der Waals surface area contributed by atoms with E-state index in [4.69, 9.17) is 16.6 Å². The number of rotatable bonds is 4. The molecule has 4 heterocycles. The average Bonchev–Trinajstić information content (AvgIpc) is 3.32. The molecule has 0 amide bonds. The van der Waals surface area contributed by atoms with Crippen LogP contribution in [0.25, 0.3) is 27.8 Å². The van der Waals surface area contributed by atoms with Crippen molar-refractivity contribution in [3.8, 4) is 11.3 Å². The molecule has 6 nitrogen and oxygen atoms in total. The van der Waals surface area contributed by atoms with Gasteiger partial charge < -0.3 is 15.6 Å². The summed E-state index contributed by atoms with van der Waals surface area (Å²) in [6.07, 6.45) is 10.6. The maximum absolute atomic E-state index is 6.79. The van der Waals surface area contributed by atoms with Gasteiger partial charge in [-0.15, -0.1) is 0 Å². The van der Waals surface area contributed by atoms with E-state index >= 15 is 0 Å². The van der Waals surface area contributed by atoms with E-state index in [1.807, 2.05) is 16.8 Å². The monoisotopic (exact) mass is 406 g/mol. The molecule has 148 valence electrons. The molecule has 1 saturated heterocycles. The molecule has 0 bridgehead atoms. The standard InChI is InChI=1S/C22H23ClN6/c23-20-19(17-12-26-18-10-14(13-3-4-13)5-6-16(17)18)28-21(22-25-8-9-29(20)22)27-15-2-1-7-24-11-15/h5-6,8-10,12-13,15,24,26H,1-4,7,11H2,(H,27,28)/t15-/m0/s1. The molecule has 29 heavy (non-hydrogen) atoms. The van der Waals surface area contributed by atoms with Gasteiger partial charge in [-0.1, -0.05) is 23.7 Å². The van der Waals surface area contributed by atoms with Crippen molar-refractivity contribution in [2.75, 3.05) is 18.4 Å². The lowest BCUT2D eigenvalue weighted by molar-refractivity contribution is 0.479. The number of hydrogen-bond donors (Lipinski definition) is 3. The summed E-state index contributed by atoms with van der Waals surface area (Å²) < 4.78 is 1.92. The number of benzene rings is 1. The predicted octanol–water partition coefficient (Wildman–Crippen LogP) is 4.57. The quantitative estimate of drug-likeness (QED) is 0.464. The Labute approximate surface area is 173 Å². The molecule has 1 saturated carbocycles. The predicted molar refractivity (Wildman–Crippen MR) is 117 cm³/mol. The summed E-state index contributed by atoms with van der Waals surface area (Å²) in [6, 6.07) is 7.05. The highest BCUT2D eigenvalue weighted by molar-refractivity contribution is 6.32. The molecule has 0 unspecified atom stereocenters. The molecule has 3 aromatic heterocycles. The minimum atomic E-state index is 0.342. The zero-order valence-corrected chi connectivity index (χ0v) is 16.8. The van der Waals surface area contributed by atoms with Crippen LogP contribution in [-0.2, 0) is 0 Å². The Morgan fingerprint density at radius 1 is 1.21 bits per heavy atom. The van der Waals surface area contributed by atoms with Crippen molar-refractivity contribution in [1.82, 2.24) is 24.7 Å². The Hall–Kier alpha value is -2.57. The number of aromatic amines is 1. The lowest BCUT2D eigenvalue weighted by Crippen LogP contribution is -2.38. The molecule has 1 atom stereocenters. The fourth-order valence-electron chi connectivity index (χ4n) is 4.41. The molecular formula is C22H23ClN6. The molecule has 6 rings (SSSR count). The van der Waals surface area contributed by atoms with Gasteiger partial charge in [0.2, 0.25) is 0 Å². The fourth-order valence-corrected chi connectivity index (χ4v) is 4.69. The molecule has 1 aromatic carbocycles. The van der Waals surface area contributed by atoms with Gasteiger partial charge in [-0.25, -0.2) is 9.97 Å². The number of aromatic nitrogens is 4. The lowest BCUT2D eigenvalue weighted by atomic mass is 10.1. The maximum Gasteiger partial charge on any atom is 0.181 e. The molecule has 3 N–H and O–H groups in total. The summed E-state index contributed by atoms with van der Waals surface area (Å²) >= 11 is 6.79. The van der Waals surface area contributed by atoms with E-state index in [-0.39, 0.29) is 0 Å². The number of imidazole rings is 1. The van der Waals surface area contributed by atoms with Crippen molar-refractivity contribution < 1.29 is 0 Å². The first-order valence-electron chi connectivity index (χ1n) is 10.4. The second-order valence-corrected chi connectivity index (χ2v) is 8.55. The molecule has 0 spiro atoms. The highest BCUT2D eigenvalue weighted by Gasteiger charge is 2.25. The first kappa shape index (κ1) is 17.3. The number of fused-ring (bicyclic) bond motifs is 2. The molecule has 1 aliphatic heterocycles. The minimum absolute atomic E-state index is 0.342. The number of nitrogens with zero attached hydrogens (tertiary/aromatic N) is 3. The third kappa shape index (κ3) is 2.98. The van der Waals surface area contributed by atoms with Gasteiger partial charge in [-0.3, -0.25) is 4.40 Å². The summed E-state index contributed by atoms with van der Waals surface area (Å²) in [4.78, 5) is 12.9. The smallest absolute Gasteiger partial charge is 0.181 e. The molecule has 7 heteroatoms. The van der Waals surface area contributed by atoms with Crippen LogP contribution >= 0.6 is 11.6 Å². The van der Waals surface area contributed by atoms with Gasteiger partial charge in [0, 0.05) is 47.6 Å². The molecule has 1 aliphatic carbocycles. The number of hydrogen-bond acceptors (Lipinski definition) is 4. The molecule has 4 aromatic rings. The van der Waals surface area contributed by atoms with Crippen LogP contribution < -0.4 is 10.6 Å². The summed E-state index contributed by atoms with van der Waals surface area (Å²) in [5, 5.41) is 8.77. The minimum Gasteiger partial charge on any atom is -0.363 e. The van der Waals surface area contributed by atoms with E-state index in [9.17, 15) is 0 Å². The van der Waals surface area contributed by atoms with Crippen LogP contribution in [0.5, 0.6) is 0 Å². The number of nitrogens with one attached hydrogen (secondary N) is 3. The maximum atomic E-state index is 6.79. The highest BCUT2D eigenvalue weighted by Crippen LogP contribution is 2.42. The van der Waals surface area contributed by atoms with Crippen molar-refractivity contribution in [2.24, 2.45) is 0 Å². The molecule has 0 radical (unpaired) electrons. The van der Waals surface area contributed by atoms with Crippen molar-refractivity contribution in [2.45, 2.75) is 37.6 Å². The zero-order chi connectivity index (χ0) is 19.4. The Morgan fingerprint density at radius 2 is 2.14 bits per heavy atom. The van der Waals surface area contributed by atoms with Gasteiger partial charge in [-0.2, -0.15) is 0 Å². The van der Waals surface area contributed by atoms with Crippen LogP contribution in [-0.4, -0.2) is 38.5 Å². The van der Waals surface area contributed by atoms with Crippen molar-refractivity contribution in [3.63, 3.8) is 0 Å². The van der Waals surface area contributed by atoms with E-state index in [0.29, 0.717) is 11.2 Å². The molecular weight excluding hydrogens is 384 g/mol. The Bertz CT molecular complexity index is 1200. The third-order valence-corrected chi connectivity index (χ3v) is 6.49. The lowest BCUT2D eigenvalue weighted by Gasteiger charge is -2.24. The largest absolute Gasteiger partial charge is 0.363 e. The zero-order valence-electron chi connectivity index (χ0n) is 16.1. The van der Waals surface area contributed by atoms with E-state index < -0.39 is 0 Å². The number of piperidine rings is 1. The van der Waals surface area contributed by atoms with Gasteiger partial charge >= 0.3 is 0 Å². The van der Waals surface area contributed by atoms with Gasteiger partial charge in [0.25, 0.3) is 0 Å². The fraction of sp³-hybridized carbons (Fsp3) is 0.364. The van der Waals surface area contributed by atoms with E-state index in [2.05, 4.69) is 38.8 Å². The number of halogens is 1. The van der Waals surface area contributed by atoms with Crippen LogP contribution in [0, 0.1) is 0 Å². The van der Waals surface area contributed by atoms with Crippen LogP contribution in [0.15, 0.2) is 36.8 Å². The van der Waals surface area contributed by atoms with Crippen molar-refractivity contribution in [3.05, 3.63) is 47.5 Å². The van der Waals surface area contributed by atoms with Gasteiger partial charge in [0.1, 0.15) is 10.8 Å². The molecule has 2 aliphatic rings. The van der Waals surface area contributed by atoms with Crippen LogP contribution in [0.3, 0.4) is 0 Å². The second kappa shape index (κ2) is 6.75. The van der Waals surface area contributed by atoms with Crippen molar-refractivity contribution in [1.29, 1.82) is 0 Å². The Morgan fingerprint density at radius 3 is 2.97 bits per heavy atom. The van der Waals surface area contributed by atoms with Crippen LogP contribution in [0.4, 0.5) is 5.82 Å². The van der Waals surface area contributed by atoms with E-state index in [1.165, 1.54) is 18.4 Å². The summed E-state index contributed by atoms with van der Waals surface area (Å²) in [5.41, 5.74) is 5.11. The topological polar surface area (TPSA) is 70.0 Å². The van der Waals surface area contributed by atoms with E-state index in [0.717, 1.165) is 65.5 Å². The highest BCUT2D eigenvalue weighted by atomic mass is 35.5. The van der Waals surface area contributed by atoms with Gasteiger partial charge in [0.15, 0.2) is 11.5 Å². The van der Waals surface area contributed by atoms with Gasteiger partial charge in [0.05, 0.1) is 0 Å². The third-order valence-electron chi connectivity index (χ3n) is 6.13. The first-order valence-corrected chi connectivity index (χ1v) is 10.8. The summed E-state index contributed by atoms with van der Waals surface area (Å²) in [6.45, 7) is 2.01.